The molecule has 0 saturated carbocycles. The van der Waals surface area contributed by atoms with Gasteiger partial charge >= 0.3 is 0 Å². The van der Waals surface area contributed by atoms with E-state index >= 15 is 0 Å². The summed E-state index contributed by atoms with van der Waals surface area (Å²) in [5.41, 5.74) is 3.17. The molecule has 1 aromatic carbocycles. The Bertz CT molecular complexity index is 721. The van der Waals surface area contributed by atoms with Crippen molar-refractivity contribution in [2.75, 3.05) is 0 Å². The van der Waals surface area contributed by atoms with Crippen LogP contribution in [0.3, 0.4) is 0 Å². The van der Waals surface area contributed by atoms with Gasteiger partial charge in [-0.25, -0.2) is 0 Å². The molecule has 1 saturated heterocycles. The largest absolute Gasteiger partial charge is 0.322 e. The first-order valence-electron chi connectivity index (χ1n) is 7.10. The Balaban J connectivity index is 1.87. The third-order valence-electron chi connectivity index (χ3n) is 4.14. The summed E-state index contributed by atoms with van der Waals surface area (Å²) in [6.07, 6.45) is 2.29. The molecule has 1 unspecified atom stereocenters. The lowest BCUT2D eigenvalue weighted by Gasteiger charge is -2.29. The first-order chi connectivity index (χ1) is 10.5. The fraction of sp³-hybridized carbons (Fsp3) is 0.235. The van der Waals surface area contributed by atoms with Crippen LogP contribution in [0.25, 0.3) is 5.57 Å². The molecule has 0 radical (unpaired) electrons. The van der Waals surface area contributed by atoms with Crippen molar-refractivity contribution < 1.29 is 14.4 Å². The summed E-state index contributed by atoms with van der Waals surface area (Å²) in [6.45, 7) is 7.96. The Morgan fingerprint density at radius 1 is 1.32 bits per heavy atom. The normalized spacial score (nSPS) is 20.6. The molecule has 1 aromatic rings. The second-order valence-electron chi connectivity index (χ2n) is 5.50. The molecule has 2 heterocycles. The average Bonchev–Trinajstić information content (AvgIpc) is 2.83. The van der Waals surface area contributed by atoms with Gasteiger partial charge in [0.2, 0.25) is 11.8 Å². The third kappa shape index (κ3) is 2.24. The number of piperidine rings is 1. The summed E-state index contributed by atoms with van der Waals surface area (Å²) in [5, 5.41) is 2.29. The van der Waals surface area contributed by atoms with Crippen molar-refractivity contribution in [1.29, 1.82) is 0 Å². The number of amides is 3. The summed E-state index contributed by atoms with van der Waals surface area (Å²) in [4.78, 5) is 37.2. The number of carbonyl (C=O) groups excluding carboxylic acids is 3. The smallest absolute Gasteiger partial charge is 0.255 e. The van der Waals surface area contributed by atoms with Crippen LogP contribution >= 0.6 is 0 Å². The minimum atomic E-state index is -0.580. The Morgan fingerprint density at radius 2 is 2.09 bits per heavy atom. The summed E-state index contributed by atoms with van der Waals surface area (Å²) >= 11 is 0. The molecular formula is C17H16N2O3. The van der Waals surface area contributed by atoms with Crippen LogP contribution in [0.5, 0.6) is 0 Å². The van der Waals surface area contributed by atoms with Gasteiger partial charge < -0.3 is 4.90 Å². The molecular weight excluding hydrogens is 280 g/mol. The number of fused-ring (bicyclic) bond motifs is 1. The maximum Gasteiger partial charge on any atom is 0.255 e. The van der Waals surface area contributed by atoms with Gasteiger partial charge in [-0.15, -0.1) is 0 Å². The maximum absolute atomic E-state index is 12.5. The van der Waals surface area contributed by atoms with E-state index in [1.54, 1.807) is 12.1 Å². The van der Waals surface area contributed by atoms with Gasteiger partial charge in [0.1, 0.15) is 6.04 Å². The van der Waals surface area contributed by atoms with Gasteiger partial charge in [0, 0.05) is 18.5 Å². The number of imide groups is 1. The predicted octanol–water partition coefficient (Wildman–Crippen LogP) is 1.65. The van der Waals surface area contributed by atoms with Crippen LogP contribution in [0, 0.1) is 0 Å². The summed E-state index contributed by atoms with van der Waals surface area (Å²) < 4.78 is 0. The predicted molar refractivity (Wildman–Crippen MR) is 81.7 cm³/mol. The van der Waals surface area contributed by atoms with Crippen LogP contribution in [0.4, 0.5) is 0 Å². The van der Waals surface area contributed by atoms with E-state index in [2.05, 4.69) is 18.5 Å². The first kappa shape index (κ1) is 14.3. The Kier molecular flexibility index (Phi) is 3.41. The molecule has 2 aliphatic heterocycles. The highest BCUT2D eigenvalue weighted by atomic mass is 16.2. The fourth-order valence-corrected chi connectivity index (χ4v) is 2.89. The molecule has 5 nitrogen and oxygen atoms in total. The first-order valence-corrected chi connectivity index (χ1v) is 7.10. The third-order valence-corrected chi connectivity index (χ3v) is 4.14. The number of allylic oxidation sites excluding steroid dienone is 2. The summed E-state index contributed by atoms with van der Waals surface area (Å²) in [7, 11) is 0. The number of hydrogen-bond donors (Lipinski definition) is 1. The molecule has 0 bridgehead atoms. The van der Waals surface area contributed by atoms with E-state index in [4.69, 9.17) is 0 Å². The van der Waals surface area contributed by atoms with E-state index in [-0.39, 0.29) is 18.2 Å². The SMILES string of the molecule is C=CC(=C)c1ccc2c(c1)CN(C1CCC(=O)NC1=O)C2=O. The number of benzene rings is 1. The molecule has 112 valence electrons. The van der Waals surface area contributed by atoms with Crippen molar-refractivity contribution in [3.8, 4) is 0 Å². The molecule has 5 heteroatoms. The molecule has 2 aliphatic rings. The molecule has 0 aliphatic carbocycles. The van der Waals surface area contributed by atoms with Crippen molar-refractivity contribution in [2.24, 2.45) is 0 Å². The van der Waals surface area contributed by atoms with Gasteiger partial charge in [-0.05, 0) is 35.3 Å². The zero-order valence-electron chi connectivity index (χ0n) is 12.1. The average molecular weight is 296 g/mol. The molecule has 1 fully saturated rings. The number of carbonyl (C=O) groups is 3. The summed E-state index contributed by atoms with van der Waals surface area (Å²) in [6, 6.07) is 4.91. The second kappa shape index (κ2) is 5.26. The standard InChI is InChI=1S/C17H16N2O3/c1-3-10(2)11-4-5-13-12(8-11)9-19(17(13)22)14-6-7-15(20)18-16(14)21/h3-5,8,14H,1-2,6-7,9H2,(H,18,20,21). The van der Waals surface area contributed by atoms with Gasteiger partial charge in [0.15, 0.2) is 0 Å². The van der Waals surface area contributed by atoms with Gasteiger partial charge in [-0.1, -0.05) is 25.3 Å². The Morgan fingerprint density at radius 3 is 2.77 bits per heavy atom. The van der Waals surface area contributed by atoms with E-state index in [0.29, 0.717) is 18.5 Å². The van der Waals surface area contributed by atoms with Crippen LogP contribution in [0.1, 0.15) is 34.3 Å². The number of rotatable bonds is 3. The highest BCUT2D eigenvalue weighted by molar-refractivity contribution is 6.05. The molecule has 1 N–H and O–H groups in total. The lowest BCUT2D eigenvalue weighted by molar-refractivity contribution is -0.136. The van der Waals surface area contributed by atoms with Gasteiger partial charge in [-0.2, -0.15) is 0 Å². The number of nitrogens with one attached hydrogen (secondary N) is 1. The van der Waals surface area contributed by atoms with Crippen molar-refractivity contribution >= 4 is 23.3 Å². The highest BCUT2D eigenvalue weighted by Gasteiger charge is 2.38. The number of hydrogen-bond acceptors (Lipinski definition) is 3. The van der Waals surface area contributed by atoms with Crippen molar-refractivity contribution in [3.05, 3.63) is 54.1 Å². The van der Waals surface area contributed by atoms with E-state index in [1.807, 2.05) is 12.1 Å². The zero-order chi connectivity index (χ0) is 15.9. The Hall–Kier alpha value is -2.69. The van der Waals surface area contributed by atoms with Crippen LogP contribution in [-0.4, -0.2) is 28.7 Å². The topological polar surface area (TPSA) is 66.5 Å². The van der Waals surface area contributed by atoms with Crippen LogP contribution < -0.4 is 5.32 Å². The van der Waals surface area contributed by atoms with Crippen LogP contribution in [0.2, 0.25) is 0 Å². The van der Waals surface area contributed by atoms with Crippen LogP contribution in [-0.2, 0) is 16.1 Å². The minimum absolute atomic E-state index is 0.166. The van der Waals surface area contributed by atoms with E-state index in [9.17, 15) is 14.4 Å². The summed E-state index contributed by atoms with van der Waals surface area (Å²) in [5.74, 6) is -0.844. The zero-order valence-corrected chi connectivity index (χ0v) is 12.1. The van der Waals surface area contributed by atoms with E-state index < -0.39 is 11.9 Å². The van der Waals surface area contributed by atoms with Gasteiger partial charge in [-0.3, -0.25) is 19.7 Å². The van der Waals surface area contributed by atoms with E-state index in [0.717, 1.165) is 16.7 Å². The highest BCUT2D eigenvalue weighted by Crippen LogP contribution is 2.29. The lowest BCUT2D eigenvalue weighted by atomic mass is 10.0. The monoisotopic (exact) mass is 296 g/mol. The van der Waals surface area contributed by atoms with Crippen molar-refractivity contribution in [2.45, 2.75) is 25.4 Å². The van der Waals surface area contributed by atoms with Crippen molar-refractivity contribution in [1.82, 2.24) is 10.2 Å². The molecule has 3 amide bonds. The molecule has 0 aromatic heterocycles. The van der Waals surface area contributed by atoms with E-state index in [1.165, 1.54) is 4.90 Å². The molecule has 22 heavy (non-hydrogen) atoms. The maximum atomic E-state index is 12.5. The number of nitrogens with zero attached hydrogens (tertiary/aromatic N) is 1. The van der Waals surface area contributed by atoms with Gasteiger partial charge in [0.25, 0.3) is 5.91 Å². The minimum Gasteiger partial charge on any atom is -0.322 e. The molecule has 0 spiro atoms. The molecule has 3 rings (SSSR count). The quantitative estimate of drug-likeness (QED) is 0.681. The Labute approximate surface area is 128 Å². The van der Waals surface area contributed by atoms with Crippen molar-refractivity contribution in [3.63, 3.8) is 0 Å². The second-order valence-corrected chi connectivity index (χ2v) is 5.50. The molecule has 1 atom stereocenters. The van der Waals surface area contributed by atoms with Gasteiger partial charge in [0.05, 0.1) is 0 Å². The van der Waals surface area contributed by atoms with Crippen LogP contribution in [0.15, 0.2) is 37.4 Å². The lowest BCUT2D eigenvalue weighted by Crippen LogP contribution is -2.52. The fourth-order valence-electron chi connectivity index (χ4n) is 2.89.